The van der Waals surface area contributed by atoms with Gasteiger partial charge in [0.05, 0.1) is 4.90 Å². The van der Waals surface area contributed by atoms with Crippen molar-refractivity contribution >= 4 is 15.9 Å². The molecule has 0 fully saturated rings. The number of hydrogen-bond acceptors (Lipinski definition) is 4. The van der Waals surface area contributed by atoms with E-state index in [2.05, 4.69) is 4.98 Å². The Morgan fingerprint density at radius 3 is 2.42 bits per heavy atom. The fourth-order valence-electron chi connectivity index (χ4n) is 2.77. The summed E-state index contributed by atoms with van der Waals surface area (Å²) < 4.78 is 27.1. The number of pyridine rings is 1. The van der Waals surface area contributed by atoms with E-state index < -0.39 is 10.0 Å². The van der Waals surface area contributed by atoms with Gasteiger partial charge in [-0.25, -0.2) is 8.42 Å². The predicted molar refractivity (Wildman–Crippen MR) is 101 cm³/mol. The van der Waals surface area contributed by atoms with Gasteiger partial charge in [-0.1, -0.05) is 26.0 Å². The highest BCUT2D eigenvalue weighted by molar-refractivity contribution is 7.89. The van der Waals surface area contributed by atoms with Crippen molar-refractivity contribution in [2.24, 2.45) is 0 Å². The Morgan fingerprint density at radius 2 is 1.85 bits per heavy atom. The van der Waals surface area contributed by atoms with E-state index in [0.717, 1.165) is 5.56 Å². The van der Waals surface area contributed by atoms with Gasteiger partial charge >= 0.3 is 0 Å². The molecule has 0 N–H and O–H groups in total. The molecule has 0 saturated heterocycles. The Balaban J connectivity index is 2.32. The first-order chi connectivity index (χ1) is 12.3. The zero-order valence-electron chi connectivity index (χ0n) is 15.6. The topological polar surface area (TPSA) is 70.6 Å². The van der Waals surface area contributed by atoms with Crippen LogP contribution >= 0.6 is 0 Å². The van der Waals surface area contributed by atoms with Crippen LogP contribution in [0.1, 0.15) is 35.3 Å². The molecule has 0 saturated carbocycles. The molecule has 1 heterocycles. The quantitative estimate of drug-likeness (QED) is 0.746. The largest absolute Gasteiger partial charge is 0.337 e. The molecule has 0 bridgehead atoms. The molecule has 0 atom stereocenters. The van der Waals surface area contributed by atoms with E-state index in [1.165, 1.54) is 10.4 Å². The minimum atomic E-state index is -3.62. The summed E-state index contributed by atoms with van der Waals surface area (Å²) in [6.45, 7) is 6.51. The van der Waals surface area contributed by atoms with Crippen LogP contribution in [-0.4, -0.2) is 48.7 Å². The Kier molecular flexibility index (Phi) is 6.50. The molecule has 26 heavy (non-hydrogen) atoms. The van der Waals surface area contributed by atoms with E-state index in [9.17, 15) is 13.2 Å². The third kappa shape index (κ3) is 4.28. The molecular formula is C19H25N3O3S. The van der Waals surface area contributed by atoms with Gasteiger partial charge in [-0.2, -0.15) is 4.31 Å². The second-order valence-electron chi connectivity index (χ2n) is 6.09. The number of nitrogens with zero attached hydrogens (tertiary/aromatic N) is 3. The van der Waals surface area contributed by atoms with Gasteiger partial charge < -0.3 is 4.90 Å². The minimum Gasteiger partial charge on any atom is -0.337 e. The normalized spacial score (nSPS) is 11.6. The van der Waals surface area contributed by atoms with Crippen LogP contribution in [0.3, 0.4) is 0 Å². The predicted octanol–water partition coefficient (Wildman–Crippen LogP) is 2.69. The minimum absolute atomic E-state index is 0.182. The lowest BCUT2D eigenvalue weighted by molar-refractivity contribution is 0.0784. The summed E-state index contributed by atoms with van der Waals surface area (Å²) in [5.74, 6) is -0.232. The molecular weight excluding hydrogens is 350 g/mol. The summed E-state index contributed by atoms with van der Waals surface area (Å²) in [6.07, 6.45) is 3.38. The Hall–Kier alpha value is -2.25. The van der Waals surface area contributed by atoms with Crippen molar-refractivity contribution in [2.75, 3.05) is 20.1 Å². The van der Waals surface area contributed by atoms with Gasteiger partial charge in [0.25, 0.3) is 5.91 Å². The molecule has 7 heteroatoms. The van der Waals surface area contributed by atoms with E-state index in [1.54, 1.807) is 57.2 Å². The number of amides is 1. The molecule has 2 rings (SSSR count). The lowest BCUT2D eigenvalue weighted by atomic mass is 10.1. The van der Waals surface area contributed by atoms with E-state index in [-0.39, 0.29) is 10.8 Å². The number of aromatic nitrogens is 1. The van der Waals surface area contributed by atoms with Crippen molar-refractivity contribution in [1.82, 2.24) is 14.2 Å². The lowest BCUT2D eigenvalue weighted by Crippen LogP contribution is -2.31. The average Bonchev–Trinajstić information content (AvgIpc) is 2.63. The fourth-order valence-corrected chi connectivity index (χ4v) is 4.48. The lowest BCUT2D eigenvalue weighted by Gasteiger charge is -2.21. The van der Waals surface area contributed by atoms with E-state index in [1.807, 2.05) is 12.1 Å². The zero-order valence-corrected chi connectivity index (χ0v) is 16.5. The number of aryl methyl sites for hydroxylation is 1. The zero-order chi connectivity index (χ0) is 19.3. The van der Waals surface area contributed by atoms with Crippen LogP contribution in [0.4, 0.5) is 0 Å². The molecule has 6 nitrogen and oxygen atoms in total. The number of rotatable bonds is 7. The van der Waals surface area contributed by atoms with Crippen molar-refractivity contribution in [1.29, 1.82) is 0 Å². The van der Waals surface area contributed by atoms with Crippen LogP contribution in [0.5, 0.6) is 0 Å². The van der Waals surface area contributed by atoms with Gasteiger partial charge in [-0.3, -0.25) is 9.78 Å². The number of benzene rings is 1. The highest BCUT2D eigenvalue weighted by atomic mass is 32.2. The number of hydrogen-bond donors (Lipinski definition) is 0. The Bertz CT molecular complexity index is 863. The van der Waals surface area contributed by atoms with Gasteiger partial charge in [-0.15, -0.1) is 0 Å². The molecule has 0 spiro atoms. The first-order valence-electron chi connectivity index (χ1n) is 8.56. The van der Waals surface area contributed by atoms with Crippen molar-refractivity contribution in [3.63, 3.8) is 0 Å². The van der Waals surface area contributed by atoms with Crippen LogP contribution in [0.2, 0.25) is 0 Å². The molecule has 1 aromatic carbocycles. The van der Waals surface area contributed by atoms with Crippen LogP contribution in [0, 0.1) is 6.92 Å². The van der Waals surface area contributed by atoms with Crippen molar-refractivity contribution in [3.8, 4) is 0 Å². The second kappa shape index (κ2) is 8.42. The highest BCUT2D eigenvalue weighted by Crippen LogP contribution is 2.22. The molecule has 0 aliphatic rings. The van der Waals surface area contributed by atoms with E-state index in [4.69, 9.17) is 0 Å². The summed E-state index contributed by atoms with van der Waals surface area (Å²) in [4.78, 5) is 18.5. The number of carbonyl (C=O) groups is 1. The maximum absolute atomic E-state index is 12.8. The average molecular weight is 375 g/mol. The summed E-state index contributed by atoms with van der Waals surface area (Å²) in [5.41, 5.74) is 1.89. The Morgan fingerprint density at radius 1 is 1.15 bits per heavy atom. The van der Waals surface area contributed by atoms with Crippen molar-refractivity contribution < 1.29 is 13.2 Å². The standard InChI is InChI=1S/C19H25N3O3S/c1-5-22(6-2)26(24,25)18-12-17(10-9-15(18)3)19(23)21(4)14-16-8-7-11-20-13-16/h7-13H,5-6,14H2,1-4H3. The molecule has 0 aliphatic carbocycles. The highest BCUT2D eigenvalue weighted by Gasteiger charge is 2.25. The van der Waals surface area contributed by atoms with Gasteiger partial charge in [0.1, 0.15) is 0 Å². The summed E-state index contributed by atoms with van der Waals surface area (Å²) in [5, 5.41) is 0. The van der Waals surface area contributed by atoms with Crippen LogP contribution in [-0.2, 0) is 16.6 Å². The number of sulfonamides is 1. The summed E-state index contributed by atoms with van der Waals surface area (Å²) >= 11 is 0. The smallest absolute Gasteiger partial charge is 0.253 e. The molecule has 140 valence electrons. The van der Waals surface area contributed by atoms with Crippen molar-refractivity contribution in [2.45, 2.75) is 32.2 Å². The third-order valence-electron chi connectivity index (χ3n) is 4.25. The number of carbonyl (C=O) groups excluding carboxylic acids is 1. The first-order valence-corrected chi connectivity index (χ1v) is 10.00. The molecule has 1 aromatic heterocycles. The molecule has 1 amide bonds. The maximum Gasteiger partial charge on any atom is 0.253 e. The van der Waals surface area contributed by atoms with Crippen LogP contribution in [0.25, 0.3) is 0 Å². The van der Waals surface area contributed by atoms with Gasteiger partial charge in [0.2, 0.25) is 10.0 Å². The van der Waals surface area contributed by atoms with Gasteiger partial charge in [0.15, 0.2) is 0 Å². The first kappa shape index (κ1) is 20.1. The second-order valence-corrected chi connectivity index (χ2v) is 8.00. The summed E-state index contributed by atoms with van der Waals surface area (Å²) in [6, 6.07) is 8.53. The Labute approximate surface area is 155 Å². The van der Waals surface area contributed by atoms with Crippen LogP contribution in [0.15, 0.2) is 47.6 Å². The van der Waals surface area contributed by atoms with Crippen molar-refractivity contribution in [3.05, 3.63) is 59.4 Å². The fraction of sp³-hybridized carbons (Fsp3) is 0.368. The van der Waals surface area contributed by atoms with E-state index >= 15 is 0 Å². The summed E-state index contributed by atoms with van der Waals surface area (Å²) in [7, 11) is -1.93. The third-order valence-corrected chi connectivity index (χ3v) is 6.44. The molecule has 0 unspecified atom stereocenters. The van der Waals surface area contributed by atoms with E-state index in [0.29, 0.717) is 30.8 Å². The van der Waals surface area contributed by atoms with Gasteiger partial charge in [-0.05, 0) is 36.2 Å². The monoisotopic (exact) mass is 375 g/mol. The maximum atomic E-state index is 12.8. The molecule has 0 radical (unpaired) electrons. The SMILES string of the molecule is CCN(CC)S(=O)(=O)c1cc(C(=O)N(C)Cc2cccnc2)ccc1C. The molecule has 2 aromatic rings. The van der Waals surface area contributed by atoms with Crippen LogP contribution < -0.4 is 0 Å². The van der Waals surface area contributed by atoms with Gasteiger partial charge in [0, 0.05) is 44.6 Å². The molecule has 0 aliphatic heterocycles.